The second-order valence-corrected chi connectivity index (χ2v) is 4.15. The number of rotatable bonds is 1. The number of aryl methyl sites for hydroxylation is 1. The number of fused-ring (bicyclic) bond motifs is 1. The van der Waals surface area contributed by atoms with E-state index in [0.717, 1.165) is 16.6 Å². The van der Waals surface area contributed by atoms with E-state index in [0.29, 0.717) is 0 Å². The number of phenols is 1. The van der Waals surface area contributed by atoms with Crippen LogP contribution in [0.5, 0.6) is 5.75 Å². The molecule has 2 aromatic carbocycles. The molecule has 0 unspecified atom stereocenters. The third-order valence-electron chi connectivity index (χ3n) is 2.79. The molecule has 0 bridgehead atoms. The van der Waals surface area contributed by atoms with Gasteiger partial charge in [-0.25, -0.2) is 4.68 Å². The van der Waals surface area contributed by atoms with Gasteiger partial charge in [-0.2, -0.15) is 5.10 Å². The molecule has 0 spiro atoms. The zero-order valence-corrected chi connectivity index (χ0v) is 14.0. The fraction of sp³-hybridized carbons (Fsp3) is 0.188. The number of aromatic nitrogens is 2. The van der Waals surface area contributed by atoms with Crippen LogP contribution in [0.25, 0.3) is 16.6 Å². The summed E-state index contributed by atoms with van der Waals surface area (Å²) < 4.78 is 1.82. The van der Waals surface area contributed by atoms with Gasteiger partial charge >= 0.3 is 0 Å². The molecule has 0 saturated carbocycles. The van der Waals surface area contributed by atoms with Crippen molar-refractivity contribution in [3.05, 3.63) is 54.2 Å². The average Bonchev–Trinajstić information content (AvgIpc) is 2.84. The molecule has 0 amide bonds. The predicted molar refractivity (Wildman–Crippen MR) is 78.8 cm³/mol. The van der Waals surface area contributed by atoms with E-state index in [1.165, 1.54) is 5.56 Å². The van der Waals surface area contributed by atoms with Gasteiger partial charge in [0.2, 0.25) is 0 Å². The Balaban J connectivity index is 0.000000639. The van der Waals surface area contributed by atoms with Crippen molar-refractivity contribution in [1.29, 1.82) is 0 Å². The Hall–Kier alpha value is -1.60. The Bertz CT molecular complexity index is 675. The molecule has 4 heteroatoms. The van der Waals surface area contributed by atoms with Crippen molar-refractivity contribution < 1.29 is 26.2 Å². The molecule has 3 nitrogen and oxygen atoms in total. The summed E-state index contributed by atoms with van der Waals surface area (Å²) >= 11 is 0. The van der Waals surface area contributed by atoms with Crippen molar-refractivity contribution in [2.45, 2.75) is 20.8 Å². The first kappa shape index (κ1) is 16.5. The van der Waals surface area contributed by atoms with Gasteiger partial charge in [-0.1, -0.05) is 31.5 Å². The van der Waals surface area contributed by atoms with Crippen LogP contribution in [-0.4, -0.2) is 14.9 Å². The van der Waals surface area contributed by atoms with Crippen molar-refractivity contribution in [1.82, 2.24) is 9.78 Å². The minimum Gasteiger partial charge on any atom is -0.508 e. The summed E-state index contributed by atoms with van der Waals surface area (Å²) in [7, 11) is 0. The second-order valence-electron chi connectivity index (χ2n) is 4.15. The molecule has 1 heterocycles. The maximum absolute atomic E-state index is 9.41. The monoisotopic (exact) mass is 449 g/mol. The van der Waals surface area contributed by atoms with E-state index in [-0.39, 0.29) is 26.8 Å². The Kier molecular flexibility index (Phi) is 5.97. The molecule has 0 saturated heterocycles. The summed E-state index contributed by atoms with van der Waals surface area (Å²) in [6, 6.07) is 13.3. The normalized spacial score (nSPS) is 9.55. The van der Waals surface area contributed by atoms with Crippen LogP contribution in [0.1, 0.15) is 19.4 Å². The number of nitrogens with zero attached hydrogens (tertiary/aromatic N) is 2. The van der Waals surface area contributed by atoms with Gasteiger partial charge in [0.25, 0.3) is 0 Å². The zero-order valence-electron chi connectivity index (χ0n) is 11.8. The summed E-state index contributed by atoms with van der Waals surface area (Å²) in [5, 5.41) is 14.8. The van der Waals surface area contributed by atoms with Gasteiger partial charge in [0.15, 0.2) is 0 Å². The van der Waals surface area contributed by atoms with E-state index in [2.05, 4.69) is 24.2 Å². The van der Waals surface area contributed by atoms with Crippen molar-refractivity contribution in [3.8, 4) is 11.4 Å². The Morgan fingerprint density at radius 1 is 1.00 bits per heavy atom. The molecule has 0 aliphatic heterocycles. The second kappa shape index (κ2) is 7.25. The number of aromatic hydroxyl groups is 1. The van der Waals surface area contributed by atoms with E-state index in [9.17, 15) is 5.11 Å². The first-order chi connectivity index (χ1) is 9.22. The molecule has 1 aromatic heterocycles. The first-order valence-corrected chi connectivity index (χ1v) is 6.48. The van der Waals surface area contributed by atoms with Crippen LogP contribution in [0, 0.1) is 6.92 Å². The van der Waals surface area contributed by atoms with Crippen molar-refractivity contribution in [3.63, 3.8) is 0 Å². The summed E-state index contributed by atoms with van der Waals surface area (Å²) in [6.07, 6.45) is 1.92. The van der Waals surface area contributed by atoms with Crippen LogP contribution < -0.4 is 0 Å². The number of benzene rings is 2. The molecule has 0 atom stereocenters. The summed E-state index contributed by atoms with van der Waals surface area (Å²) in [6.45, 7) is 6.06. The van der Waals surface area contributed by atoms with E-state index in [1.54, 1.807) is 12.1 Å². The van der Waals surface area contributed by atoms with Crippen LogP contribution in [0.3, 0.4) is 0 Å². The Morgan fingerprint density at radius 3 is 2.30 bits per heavy atom. The van der Waals surface area contributed by atoms with E-state index in [4.69, 9.17) is 0 Å². The molecule has 1 N–H and O–H groups in total. The first-order valence-electron chi connectivity index (χ1n) is 6.48. The fourth-order valence-electron chi connectivity index (χ4n) is 1.84. The zero-order chi connectivity index (χ0) is 13.8. The van der Waals surface area contributed by atoms with Gasteiger partial charge in [0.1, 0.15) is 5.75 Å². The van der Waals surface area contributed by atoms with E-state index < -0.39 is 0 Å². The van der Waals surface area contributed by atoms with Crippen LogP contribution in [0.2, 0.25) is 0 Å². The Labute approximate surface area is 133 Å². The van der Waals surface area contributed by atoms with Crippen LogP contribution >= 0.6 is 0 Å². The molecular formula is C16H18N2OPt. The SMILES string of the molecule is CC.Cc1ccc(-n2cc3cc(O)ccc3n2)cc1.[Pt]. The molecule has 0 radical (unpaired) electrons. The van der Waals surface area contributed by atoms with Gasteiger partial charge in [-0.15, -0.1) is 0 Å². The Morgan fingerprint density at radius 2 is 1.65 bits per heavy atom. The standard InChI is InChI=1S/C14H12N2O.C2H6.Pt/c1-10-2-4-12(5-3-10)16-9-11-8-13(17)6-7-14(11)15-16;1-2;/h2-9,17H,1H3;1-2H3;. The van der Waals surface area contributed by atoms with Crippen molar-refractivity contribution in [2.75, 3.05) is 0 Å². The van der Waals surface area contributed by atoms with Crippen molar-refractivity contribution >= 4 is 10.9 Å². The van der Waals surface area contributed by atoms with E-state index >= 15 is 0 Å². The minimum absolute atomic E-state index is 0. The molecule has 3 rings (SSSR count). The molecule has 0 aliphatic rings. The fourth-order valence-corrected chi connectivity index (χ4v) is 1.84. The third kappa shape index (κ3) is 3.49. The topological polar surface area (TPSA) is 38.0 Å². The molecule has 20 heavy (non-hydrogen) atoms. The smallest absolute Gasteiger partial charge is 0.116 e. The van der Waals surface area contributed by atoms with Gasteiger partial charge < -0.3 is 5.11 Å². The van der Waals surface area contributed by atoms with Crippen LogP contribution in [0.4, 0.5) is 0 Å². The number of hydrogen-bond acceptors (Lipinski definition) is 2. The summed E-state index contributed by atoms with van der Waals surface area (Å²) in [5.41, 5.74) is 3.12. The van der Waals surface area contributed by atoms with Crippen molar-refractivity contribution in [2.24, 2.45) is 0 Å². The molecule has 0 aliphatic carbocycles. The minimum atomic E-state index is 0. The predicted octanol–water partition coefficient (Wildman–Crippen LogP) is 4.06. The number of hydrogen-bond donors (Lipinski definition) is 1. The van der Waals surface area contributed by atoms with Gasteiger partial charge in [0, 0.05) is 32.6 Å². The molecule has 108 valence electrons. The van der Waals surface area contributed by atoms with Gasteiger partial charge in [0.05, 0.1) is 11.2 Å². The quantitative estimate of drug-likeness (QED) is 0.609. The molecule has 3 aromatic rings. The number of phenolic OH excluding ortho intramolecular Hbond substituents is 1. The maximum Gasteiger partial charge on any atom is 0.116 e. The largest absolute Gasteiger partial charge is 0.508 e. The van der Waals surface area contributed by atoms with E-state index in [1.807, 2.05) is 42.9 Å². The van der Waals surface area contributed by atoms with Gasteiger partial charge in [-0.3, -0.25) is 0 Å². The average molecular weight is 449 g/mol. The molecule has 0 fully saturated rings. The third-order valence-corrected chi connectivity index (χ3v) is 2.79. The van der Waals surface area contributed by atoms with Crippen LogP contribution in [0.15, 0.2) is 48.7 Å². The maximum atomic E-state index is 9.41. The van der Waals surface area contributed by atoms with Gasteiger partial charge in [-0.05, 0) is 37.3 Å². The van der Waals surface area contributed by atoms with Crippen LogP contribution in [-0.2, 0) is 21.1 Å². The molecular weight excluding hydrogens is 431 g/mol. The summed E-state index contributed by atoms with van der Waals surface area (Å²) in [5.74, 6) is 0.265. The summed E-state index contributed by atoms with van der Waals surface area (Å²) in [4.78, 5) is 0.